The molecule has 0 aromatic rings. The first-order chi connectivity index (χ1) is 15.6. The van der Waals surface area contributed by atoms with Crippen molar-refractivity contribution in [2.24, 2.45) is 5.73 Å². The van der Waals surface area contributed by atoms with E-state index in [0.29, 0.717) is 32.7 Å². The van der Waals surface area contributed by atoms with Gasteiger partial charge in [-0.15, -0.1) is 0 Å². The first kappa shape index (κ1) is 25.9. The molecule has 2 heterocycles. The zero-order valence-electron chi connectivity index (χ0n) is 20.6. The predicted molar refractivity (Wildman–Crippen MR) is 128 cm³/mol. The summed E-state index contributed by atoms with van der Waals surface area (Å²) in [6.07, 6.45) is 11.3. The Balaban J connectivity index is 1.59. The molecule has 2 fully saturated rings. The number of hydrogen-bond donors (Lipinski definition) is 2. The molecule has 2 amide bonds. The fourth-order valence-corrected chi connectivity index (χ4v) is 4.22. The van der Waals surface area contributed by atoms with E-state index in [2.05, 4.69) is 23.5 Å². The number of rotatable bonds is 9. The summed E-state index contributed by atoms with van der Waals surface area (Å²) >= 11 is 0. The van der Waals surface area contributed by atoms with Crippen LogP contribution in [0, 0.1) is 0 Å². The molecule has 2 atom stereocenters. The van der Waals surface area contributed by atoms with Crippen LogP contribution in [0.4, 0.5) is 0 Å². The lowest BCUT2D eigenvalue weighted by molar-refractivity contribution is -0.137. The highest BCUT2D eigenvalue weighted by Gasteiger charge is 2.54. The van der Waals surface area contributed by atoms with E-state index >= 15 is 0 Å². The van der Waals surface area contributed by atoms with Gasteiger partial charge < -0.3 is 30.0 Å². The third kappa shape index (κ3) is 6.91. The lowest BCUT2D eigenvalue weighted by Crippen LogP contribution is -2.54. The number of amides is 2. The number of nitrogens with two attached hydrogens (primary N) is 1. The van der Waals surface area contributed by atoms with Crippen molar-refractivity contribution < 1.29 is 23.6 Å². The maximum absolute atomic E-state index is 13.0. The highest BCUT2D eigenvalue weighted by atomic mass is 16.7. The monoisotopic (exact) mass is 461 g/mol. The number of nitrogens with zero attached hydrogens (tertiary/aromatic N) is 1. The smallest absolute Gasteiger partial charge is 0.402 e. The van der Waals surface area contributed by atoms with E-state index in [1.807, 2.05) is 27.7 Å². The molecule has 3 rings (SSSR count). The maximum atomic E-state index is 13.0. The van der Waals surface area contributed by atoms with Gasteiger partial charge in [-0.25, -0.2) is 0 Å². The van der Waals surface area contributed by atoms with Crippen LogP contribution in [0.3, 0.4) is 0 Å². The molecule has 0 bridgehead atoms. The maximum Gasteiger partial charge on any atom is 0.481 e. The van der Waals surface area contributed by atoms with Gasteiger partial charge in [-0.2, -0.15) is 0 Å². The van der Waals surface area contributed by atoms with Crippen LogP contribution in [-0.2, 0) is 23.6 Å². The van der Waals surface area contributed by atoms with Crippen LogP contribution in [-0.4, -0.2) is 73.3 Å². The molecule has 0 aromatic heterocycles. The second-order valence-electron chi connectivity index (χ2n) is 10.2. The van der Waals surface area contributed by atoms with Crippen molar-refractivity contribution in [3.63, 3.8) is 0 Å². The van der Waals surface area contributed by atoms with E-state index in [4.69, 9.17) is 19.8 Å². The van der Waals surface area contributed by atoms with Gasteiger partial charge in [0, 0.05) is 13.1 Å². The zero-order chi connectivity index (χ0) is 24.1. The van der Waals surface area contributed by atoms with E-state index in [9.17, 15) is 9.59 Å². The molecule has 3 aliphatic rings. The van der Waals surface area contributed by atoms with Gasteiger partial charge in [-0.05, 0) is 59.8 Å². The van der Waals surface area contributed by atoms with E-state index in [0.717, 1.165) is 25.7 Å². The van der Waals surface area contributed by atoms with Crippen molar-refractivity contribution in [3.8, 4) is 0 Å². The Hall–Kier alpha value is -1.68. The van der Waals surface area contributed by atoms with Crippen molar-refractivity contribution >= 4 is 18.9 Å². The number of hydrogen-bond acceptors (Lipinski definition) is 6. The molecular formula is C24H40BN3O5. The standard InChI is InChI=1S/C24H40BN3O5/c1-23(2)24(3,4)33-25(32-23)20(12-8-11-18-9-6-5-7-10-18)27-22(30)19(26)17-21(29)28-13-15-31-16-14-28/h6,9-10,19-20H,5,7-8,11-17,26H2,1-4H3,(H,27,30). The van der Waals surface area contributed by atoms with Gasteiger partial charge in [-0.1, -0.05) is 23.8 Å². The zero-order valence-corrected chi connectivity index (χ0v) is 20.6. The Morgan fingerprint density at radius 3 is 2.42 bits per heavy atom. The molecule has 3 N–H and O–H groups in total. The second-order valence-corrected chi connectivity index (χ2v) is 10.2. The minimum Gasteiger partial charge on any atom is -0.402 e. The summed E-state index contributed by atoms with van der Waals surface area (Å²) in [5, 5.41) is 3.03. The van der Waals surface area contributed by atoms with Crippen molar-refractivity contribution in [2.45, 2.75) is 89.4 Å². The number of morpholine rings is 1. The summed E-state index contributed by atoms with van der Waals surface area (Å²) in [6.45, 7) is 10.1. The minimum absolute atomic E-state index is 0.0282. The van der Waals surface area contributed by atoms with Crippen LogP contribution >= 0.6 is 0 Å². The quantitative estimate of drug-likeness (QED) is 0.510. The number of nitrogens with one attached hydrogen (secondary N) is 1. The third-order valence-electron chi connectivity index (χ3n) is 7.08. The molecule has 33 heavy (non-hydrogen) atoms. The van der Waals surface area contributed by atoms with Crippen molar-refractivity contribution in [3.05, 3.63) is 23.8 Å². The molecule has 184 valence electrons. The van der Waals surface area contributed by atoms with Crippen LogP contribution in [0.15, 0.2) is 23.8 Å². The molecule has 8 nitrogen and oxygen atoms in total. The summed E-state index contributed by atoms with van der Waals surface area (Å²) in [5.74, 6) is -0.825. The molecule has 0 aromatic carbocycles. The fraction of sp³-hybridized carbons (Fsp3) is 0.750. The highest BCUT2D eigenvalue weighted by Crippen LogP contribution is 2.38. The number of ether oxygens (including phenoxy) is 1. The number of carbonyl (C=O) groups excluding carboxylic acids is 2. The van der Waals surface area contributed by atoms with Crippen molar-refractivity contribution in [1.82, 2.24) is 10.2 Å². The highest BCUT2D eigenvalue weighted by molar-refractivity contribution is 6.48. The summed E-state index contributed by atoms with van der Waals surface area (Å²) in [4.78, 5) is 27.2. The molecular weight excluding hydrogens is 421 g/mol. The Morgan fingerprint density at radius 2 is 1.82 bits per heavy atom. The lowest BCUT2D eigenvalue weighted by Gasteiger charge is -2.32. The first-order valence-corrected chi connectivity index (χ1v) is 12.2. The van der Waals surface area contributed by atoms with Gasteiger partial charge in [0.15, 0.2) is 0 Å². The largest absolute Gasteiger partial charge is 0.481 e. The fourth-order valence-electron chi connectivity index (χ4n) is 4.22. The van der Waals surface area contributed by atoms with Crippen LogP contribution < -0.4 is 11.1 Å². The molecule has 0 saturated carbocycles. The lowest BCUT2D eigenvalue weighted by atomic mass is 9.75. The van der Waals surface area contributed by atoms with Gasteiger partial charge in [0.25, 0.3) is 0 Å². The number of carbonyl (C=O) groups is 2. The summed E-state index contributed by atoms with van der Waals surface area (Å²) in [5.41, 5.74) is 6.47. The van der Waals surface area contributed by atoms with Crippen LogP contribution in [0.1, 0.15) is 66.2 Å². The second kappa shape index (κ2) is 11.2. The average Bonchev–Trinajstić information content (AvgIpc) is 3.01. The normalized spacial score (nSPS) is 23.7. The Morgan fingerprint density at radius 1 is 1.15 bits per heavy atom. The molecule has 2 aliphatic heterocycles. The van der Waals surface area contributed by atoms with Crippen molar-refractivity contribution in [1.29, 1.82) is 0 Å². The van der Waals surface area contributed by atoms with Gasteiger partial charge in [0.1, 0.15) is 0 Å². The summed E-state index contributed by atoms with van der Waals surface area (Å²) in [6, 6.07) is -0.922. The summed E-state index contributed by atoms with van der Waals surface area (Å²) in [7, 11) is -0.572. The molecule has 9 heteroatoms. The molecule has 0 radical (unpaired) electrons. The Bertz CT molecular complexity index is 745. The van der Waals surface area contributed by atoms with Gasteiger partial charge in [-0.3, -0.25) is 9.59 Å². The van der Waals surface area contributed by atoms with Crippen LogP contribution in [0.5, 0.6) is 0 Å². The molecule has 2 saturated heterocycles. The topological polar surface area (TPSA) is 103 Å². The summed E-state index contributed by atoms with van der Waals surface area (Å²) < 4.78 is 17.7. The molecule has 0 spiro atoms. The van der Waals surface area contributed by atoms with E-state index < -0.39 is 24.4 Å². The SMILES string of the molecule is CC1(C)OB(C(CCCC2=CCCC=C2)NC(=O)C(N)CC(=O)N2CCOCC2)OC1(C)C. The molecule has 2 unspecified atom stereocenters. The predicted octanol–water partition coefficient (Wildman–Crippen LogP) is 2.13. The van der Waals surface area contributed by atoms with Crippen LogP contribution in [0.25, 0.3) is 0 Å². The Labute approximate surface area is 198 Å². The van der Waals surface area contributed by atoms with E-state index in [1.54, 1.807) is 4.90 Å². The minimum atomic E-state index is -0.922. The molecule has 1 aliphatic carbocycles. The van der Waals surface area contributed by atoms with E-state index in [1.165, 1.54) is 5.57 Å². The average molecular weight is 461 g/mol. The first-order valence-electron chi connectivity index (χ1n) is 12.2. The van der Waals surface area contributed by atoms with Crippen molar-refractivity contribution in [2.75, 3.05) is 26.3 Å². The van der Waals surface area contributed by atoms with Gasteiger partial charge in [0.05, 0.1) is 42.8 Å². The number of allylic oxidation sites excluding steroid dienone is 4. The Kier molecular flexibility index (Phi) is 8.78. The van der Waals surface area contributed by atoms with Gasteiger partial charge >= 0.3 is 7.12 Å². The van der Waals surface area contributed by atoms with Gasteiger partial charge in [0.2, 0.25) is 11.8 Å². The third-order valence-corrected chi connectivity index (χ3v) is 7.08. The van der Waals surface area contributed by atoms with Crippen LogP contribution in [0.2, 0.25) is 0 Å². The van der Waals surface area contributed by atoms with E-state index in [-0.39, 0.29) is 24.2 Å².